The maximum Gasteiger partial charge on any atom is 0.255 e. The van der Waals surface area contributed by atoms with Crippen molar-refractivity contribution in [2.24, 2.45) is 5.92 Å². The Hall–Kier alpha value is -2.14. The zero-order chi connectivity index (χ0) is 14.9. The third-order valence-corrected chi connectivity index (χ3v) is 4.64. The van der Waals surface area contributed by atoms with Gasteiger partial charge in [-0.25, -0.2) is 0 Å². The summed E-state index contributed by atoms with van der Waals surface area (Å²) in [5, 5.41) is 0. The number of amides is 1. The number of furan rings is 1. The lowest BCUT2D eigenvalue weighted by molar-refractivity contribution is 0.0711. The van der Waals surface area contributed by atoms with Gasteiger partial charge in [-0.05, 0) is 30.5 Å². The largest absolute Gasteiger partial charge is 0.472 e. The van der Waals surface area contributed by atoms with Crippen LogP contribution in [0.2, 0.25) is 0 Å². The first kappa shape index (κ1) is 13.5. The van der Waals surface area contributed by atoms with Gasteiger partial charge in [0, 0.05) is 50.2 Å². The number of nitrogens with zero attached hydrogens (tertiary/aromatic N) is 3. The van der Waals surface area contributed by atoms with Crippen LogP contribution < -0.4 is 0 Å². The zero-order valence-electron chi connectivity index (χ0n) is 12.4. The average Bonchev–Trinajstić information content (AvgIpc) is 3.15. The molecule has 5 nitrogen and oxygen atoms in total. The van der Waals surface area contributed by atoms with Gasteiger partial charge >= 0.3 is 0 Å². The normalized spacial score (nSPS) is 24.6. The Balaban J connectivity index is 1.46. The predicted molar refractivity (Wildman–Crippen MR) is 81.2 cm³/mol. The fraction of sp³-hybridized carbons (Fsp3) is 0.412. The number of carbonyl (C=O) groups excluding carboxylic acids is 1. The molecule has 114 valence electrons. The molecule has 2 aliphatic rings. The minimum Gasteiger partial charge on any atom is -0.472 e. The predicted octanol–water partition coefficient (Wildman–Crippen LogP) is 2.02. The Morgan fingerprint density at radius 2 is 2.27 bits per heavy atom. The second kappa shape index (κ2) is 5.57. The van der Waals surface area contributed by atoms with Gasteiger partial charge in [-0.15, -0.1) is 0 Å². The molecule has 22 heavy (non-hydrogen) atoms. The molecule has 2 aliphatic heterocycles. The molecule has 2 saturated heterocycles. The molecule has 2 aromatic heterocycles. The van der Waals surface area contributed by atoms with Gasteiger partial charge in [-0.3, -0.25) is 14.7 Å². The number of pyridine rings is 1. The summed E-state index contributed by atoms with van der Waals surface area (Å²) in [6.45, 7) is 3.75. The second-order valence-corrected chi connectivity index (χ2v) is 6.28. The number of hydrogen-bond donors (Lipinski definition) is 0. The van der Waals surface area contributed by atoms with E-state index in [-0.39, 0.29) is 5.91 Å². The molecule has 2 fully saturated rings. The number of hydrogen-bond acceptors (Lipinski definition) is 4. The Bertz CT molecular complexity index is 641. The molecule has 0 spiro atoms. The number of fused-ring (bicyclic) bond motifs is 2. The van der Waals surface area contributed by atoms with Gasteiger partial charge in [0.05, 0.1) is 18.1 Å². The molecule has 5 heteroatoms. The van der Waals surface area contributed by atoms with Gasteiger partial charge in [0.25, 0.3) is 5.91 Å². The number of rotatable bonds is 3. The number of aromatic nitrogens is 1. The highest BCUT2D eigenvalue weighted by Gasteiger charge is 2.40. The Morgan fingerprint density at radius 1 is 1.32 bits per heavy atom. The third-order valence-electron chi connectivity index (χ3n) is 4.64. The first-order valence-electron chi connectivity index (χ1n) is 7.74. The van der Waals surface area contributed by atoms with Gasteiger partial charge in [0.1, 0.15) is 0 Å². The SMILES string of the molecule is O=C(c1cccnc1)N1CC2CC1CN(Cc1ccoc1)C2. The van der Waals surface area contributed by atoms with E-state index >= 15 is 0 Å². The average molecular weight is 297 g/mol. The fourth-order valence-corrected chi connectivity index (χ4v) is 3.73. The van der Waals surface area contributed by atoms with Crippen LogP contribution in [0.4, 0.5) is 0 Å². The third kappa shape index (κ3) is 2.52. The smallest absolute Gasteiger partial charge is 0.255 e. The van der Waals surface area contributed by atoms with Crippen molar-refractivity contribution in [3.8, 4) is 0 Å². The lowest BCUT2D eigenvalue weighted by Crippen LogP contribution is -2.43. The van der Waals surface area contributed by atoms with E-state index in [1.807, 2.05) is 23.1 Å². The van der Waals surface area contributed by atoms with Crippen LogP contribution in [-0.4, -0.2) is 46.4 Å². The van der Waals surface area contributed by atoms with Gasteiger partial charge in [0.15, 0.2) is 0 Å². The van der Waals surface area contributed by atoms with Crippen molar-refractivity contribution >= 4 is 5.91 Å². The van der Waals surface area contributed by atoms with Crippen LogP contribution in [0.1, 0.15) is 22.3 Å². The van der Waals surface area contributed by atoms with Crippen LogP contribution in [0.5, 0.6) is 0 Å². The van der Waals surface area contributed by atoms with E-state index in [9.17, 15) is 4.79 Å². The van der Waals surface area contributed by atoms with Gasteiger partial charge in [0.2, 0.25) is 0 Å². The highest BCUT2D eigenvalue weighted by atomic mass is 16.3. The molecular formula is C17H19N3O2. The summed E-state index contributed by atoms with van der Waals surface area (Å²) >= 11 is 0. The number of likely N-dealkylation sites (tertiary alicyclic amines) is 2. The first-order valence-corrected chi connectivity index (χ1v) is 7.74. The van der Waals surface area contributed by atoms with Gasteiger partial charge in [-0.1, -0.05) is 0 Å². The molecule has 0 aliphatic carbocycles. The Kier molecular flexibility index (Phi) is 3.42. The van der Waals surface area contributed by atoms with Crippen molar-refractivity contribution in [1.82, 2.24) is 14.8 Å². The summed E-state index contributed by atoms with van der Waals surface area (Å²) < 4.78 is 5.14. The molecule has 2 bridgehead atoms. The molecule has 0 saturated carbocycles. The van der Waals surface area contributed by atoms with Gasteiger partial charge < -0.3 is 9.32 Å². The number of piperidine rings is 1. The fourth-order valence-electron chi connectivity index (χ4n) is 3.73. The van der Waals surface area contributed by atoms with Crippen LogP contribution >= 0.6 is 0 Å². The van der Waals surface area contributed by atoms with Gasteiger partial charge in [-0.2, -0.15) is 0 Å². The summed E-state index contributed by atoms with van der Waals surface area (Å²) in [4.78, 5) is 21.2. The van der Waals surface area contributed by atoms with E-state index < -0.39 is 0 Å². The molecule has 4 heterocycles. The molecule has 2 atom stereocenters. The summed E-state index contributed by atoms with van der Waals surface area (Å²) in [5.74, 6) is 0.692. The zero-order valence-corrected chi connectivity index (χ0v) is 12.4. The highest BCUT2D eigenvalue weighted by molar-refractivity contribution is 5.94. The monoisotopic (exact) mass is 297 g/mol. The molecule has 0 aromatic carbocycles. The maximum atomic E-state index is 12.7. The minimum atomic E-state index is 0.116. The molecule has 0 radical (unpaired) electrons. The minimum absolute atomic E-state index is 0.116. The topological polar surface area (TPSA) is 49.6 Å². The summed E-state index contributed by atoms with van der Waals surface area (Å²) in [5.41, 5.74) is 1.89. The van der Waals surface area contributed by atoms with Crippen molar-refractivity contribution in [2.75, 3.05) is 19.6 Å². The Morgan fingerprint density at radius 3 is 3.05 bits per heavy atom. The van der Waals surface area contributed by atoms with Crippen molar-refractivity contribution in [2.45, 2.75) is 19.0 Å². The maximum absolute atomic E-state index is 12.7. The molecule has 0 N–H and O–H groups in total. The molecule has 2 unspecified atom stereocenters. The molecular weight excluding hydrogens is 278 g/mol. The molecule has 2 aromatic rings. The first-order chi connectivity index (χ1) is 10.8. The van der Waals surface area contributed by atoms with Crippen LogP contribution in [0.3, 0.4) is 0 Å². The standard InChI is InChI=1S/C17H19N3O2/c21-17(15-2-1-4-18-7-15)20-10-14-6-16(20)11-19(9-14)8-13-3-5-22-12-13/h1-5,7,12,14,16H,6,8-11H2. The van der Waals surface area contributed by atoms with Crippen LogP contribution in [0.15, 0.2) is 47.5 Å². The summed E-state index contributed by atoms with van der Waals surface area (Å²) in [6.07, 6.45) is 7.99. The van der Waals surface area contributed by atoms with Crippen molar-refractivity contribution in [3.05, 3.63) is 54.2 Å². The van der Waals surface area contributed by atoms with Crippen LogP contribution in [0, 0.1) is 5.92 Å². The number of carbonyl (C=O) groups is 1. The summed E-state index contributed by atoms with van der Waals surface area (Å²) in [6, 6.07) is 6.00. The lowest BCUT2D eigenvalue weighted by atomic mass is 9.99. The van der Waals surface area contributed by atoms with E-state index in [1.165, 1.54) is 5.56 Å². The van der Waals surface area contributed by atoms with E-state index in [2.05, 4.69) is 9.88 Å². The van der Waals surface area contributed by atoms with E-state index in [0.29, 0.717) is 17.5 Å². The molecule has 1 amide bonds. The van der Waals surface area contributed by atoms with Crippen LogP contribution in [0.25, 0.3) is 0 Å². The highest BCUT2D eigenvalue weighted by Crippen LogP contribution is 2.31. The second-order valence-electron chi connectivity index (χ2n) is 6.28. The molecule has 4 rings (SSSR count). The van der Waals surface area contributed by atoms with Crippen LogP contribution in [-0.2, 0) is 6.54 Å². The van der Waals surface area contributed by atoms with Crippen molar-refractivity contribution < 1.29 is 9.21 Å². The van der Waals surface area contributed by atoms with E-state index in [4.69, 9.17) is 4.42 Å². The van der Waals surface area contributed by atoms with Crippen molar-refractivity contribution in [3.63, 3.8) is 0 Å². The van der Waals surface area contributed by atoms with E-state index in [1.54, 1.807) is 24.9 Å². The summed E-state index contributed by atoms with van der Waals surface area (Å²) in [7, 11) is 0. The lowest BCUT2D eigenvalue weighted by Gasteiger charge is -2.32. The Labute approximate surface area is 129 Å². The van der Waals surface area contributed by atoms with Crippen molar-refractivity contribution in [1.29, 1.82) is 0 Å². The van der Waals surface area contributed by atoms with E-state index in [0.717, 1.165) is 32.6 Å². The quantitative estimate of drug-likeness (QED) is 0.869.